The predicted octanol–water partition coefficient (Wildman–Crippen LogP) is 1.15. The fraction of sp³-hybridized carbons (Fsp3) is 0.750. The maximum absolute atomic E-state index is 12.4. The number of carbonyl (C=O) groups is 1. The molecular formula is C20H34N6O. The lowest BCUT2D eigenvalue weighted by atomic mass is 9.96. The molecule has 150 valence electrons. The Hall–Kier alpha value is -1.73. The van der Waals surface area contributed by atoms with Crippen molar-refractivity contribution in [3.8, 4) is 0 Å². The molecule has 0 spiro atoms. The Balaban J connectivity index is 1.31. The fourth-order valence-corrected chi connectivity index (χ4v) is 3.92. The summed E-state index contributed by atoms with van der Waals surface area (Å²) in [7, 11) is 0. The van der Waals surface area contributed by atoms with E-state index in [0.29, 0.717) is 0 Å². The highest BCUT2D eigenvalue weighted by molar-refractivity contribution is 5.78. The van der Waals surface area contributed by atoms with Gasteiger partial charge in [0.15, 0.2) is 0 Å². The van der Waals surface area contributed by atoms with Crippen molar-refractivity contribution < 1.29 is 4.79 Å². The van der Waals surface area contributed by atoms with E-state index in [2.05, 4.69) is 36.9 Å². The summed E-state index contributed by atoms with van der Waals surface area (Å²) in [5.41, 5.74) is 0.982. The molecule has 0 aliphatic carbocycles. The van der Waals surface area contributed by atoms with E-state index in [4.69, 9.17) is 0 Å². The monoisotopic (exact) mass is 374 g/mol. The van der Waals surface area contributed by atoms with E-state index in [1.807, 2.05) is 13.0 Å². The first-order valence-corrected chi connectivity index (χ1v) is 10.4. The average Bonchev–Trinajstić information content (AvgIpc) is 2.71. The molecule has 2 aliphatic heterocycles. The van der Waals surface area contributed by atoms with Crippen LogP contribution in [0.5, 0.6) is 0 Å². The molecule has 0 radical (unpaired) electrons. The normalized spacial score (nSPS) is 20.0. The molecule has 1 N–H and O–H groups in total. The number of nitrogens with zero attached hydrogens (tertiary/aromatic N) is 5. The summed E-state index contributed by atoms with van der Waals surface area (Å²) in [6.45, 7) is 13.6. The largest absolute Gasteiger partial charge is 0.356 e. The third kappa shape index (κ3) is 5.87. The van der Waals surface area contributed by atoms with Gasteiger partial charge >= 0.3 is 0 Å². The molecule has 0 bridgehead atoms. The number of likely N-dealkylation sites (N-methyl/N-ethyl adjacent to an activating group) is 1. The van der Waals surface area contributed by atoms with Gasteiger partial charge in [-0.15, -0.1) is 0 Å². The molecule has 1 aromatic rings. The van der Waals surface area contributed by atoms with E-state index >= 15 is 0 Å². The van der Waals surface area contributed by atoms with Gasteiger partial charge in [0, 0.05) is 63.6 Å². The number of hydrogen-bond donors (Lipinski definition) is 1. The van der Waals surface area contributed by atoms with E-state index in [-0.39, 0.29) is 11.8 Å². The summed E-state index contributed by atoms with van der Waals surface area (Å²) in [4.78, 5) is 28.5. The lowest BCUT2D eigenvalue weighted by Crippen LogP contribution is -2.47. The van der Waals surface area contributed by atoms with Crippen molar-refractivity contribution in [1.29, 1.82) is 0 Å². The van der Waals surface area contributed by atoms with E-state index < -0.39 is 0 Å². The number of piperidine rings is 1. The fourth-order valence-electron chi connectivity index (χ4n) is 3.92. The number of anilines is 1. The number of carbonyl (C=O) groups excluding carboxylic acids is 1. The third-order valence-corrected chi connectivity index (χ3v) is 5.79. The van der Waals surface area contributed by atoms with E-state index in [1.54, 1.807) is 6.20 Å². The Kier molecular flexibility index (Phi) is 7.41. The minimum absolute atomic E-state index is 0.124. The zero-order valence-corrected chi connectivity index (χ0v) is 16.9. The molecule has 1 aromatic heterocycles. The molecule has 7 nitrogen and oxygen atoms in total. The predicted molar refractivity (Wildman–Crippen MR) is 108 cm³/mol. The van der Waals surface area contributed by atoms with Gasteiger partial charge in [-0.3, -0.25) is 4.79 Å². The van der Waals surface area contributed by atoms with Crippen LogP contribution in [0.15, 0.2) is 12.3 Å². The van der Waals surface area contributed by atoms with Crippen LogP contribution in [-0.2, 0) is 4.79 Å². The van der Waals surface area contributed by atoms with Gasteiger partial charge < -0.3 is 20.0 Å². The van der Waals surface area contributed by atoms with Crippen molar-refractivity contribution in [1.82, 2.24) is 25.1 Å². The van der Waals surface area contributed by atoms with Crippen LogP contribution < -0.4 is 10.2 Å². The Morgan fingerprint density at radius 1 is 1.15 bits per heavy atom. The first-order valence-electron chi connectivity index (χ1n) is 10.4. The molecule has 3 heterocycles. The molecule has 0 saturated carbocycles. The molecule has 0 aromatic carbocycles. The molecule has 3 rings (SSSR count). The van der Waals surface area contributed by atoms with Crippen LogP contribution in [0.4, 0.5) is 5.95 Å². The van der Waals surface area contributed by atoms with Crippen molar-refractivity contribution in [2.75, 3.05) is 63.8 Å². The molecule has 2 aliphatic rings. The lowest BCUT2D eigenvalue weighted by Gasteiger charge is -2.34. The van der Waals surface area contributed by atoms with Crippen LogP contribution in [0.2, 0.25) is 0 Å². The molecule has 2 saturated heterocycles. The number of aryl methyl sites for hydroxylation is 1. The highest BCUT2D eigenvalue weighted by atomic mass is 16.1. The van der Waals surface area contributed by atoms with Gasteiger partial charge in [-0.2, -0.15) is 0 Å². The van der Waals surface area contributed by atoms with Crippen LogP contribution in [0.1, 0.15) is 31.9 Å². The SMILES string of the molecule is CCN1CCN(CCCNC(=O)C2CCN(c3nccc(C)n3)CC2)CC1. The highest BCUT2D eigenvalue weighted by Crippen LogP contribution is 2.20. The van der Waals surface area contributed by atoms with Crippen molar-refractivity contribution in [3.63, 3.8) is 0 Å². The number of piperazine rings is 1. The van der Waals surface area contributed by atoms with Gasteiger partial charge in [0.05, 0.1) is 0 Å². The van der Waals surface area contributed by atoms with Crippen LogP contribution in [-0.4, -0.2) is 84.6 Å². The Bertz CT molecular complexity index is 594. The second-order valence-corrected chi connectivity index (χ2v) is 7.68. The standard InChI is InChI=1S/C20H34N6O/c1-3-24-13-15-25(16-14-24)10-4-8-21-19(27)18-6-11-26(12-7-18)20-22-9-5-17(2)23-20/h5,9,18H,3-4,6-8,10-16H2,1-2H3,(H,21,27). The van der Waals surface area contributed by atoms with Crippen molar-refractivity contribution in [3.05, 3.63) is 18.0 Å². The summed E-state index contributed by atoms with van der Waals surface area (Å²) >= 11 is 0. The quantitative estimate of drug-likeness (QED) is 0.722. The van der Waals surface area contributed by atoms with Crippen LogP contribution in [0, 0.1) is 12.8 Å². The Morgan fingerprint density at radius 3 is 2.52 bits per heavy atom. The van der Waals surface area contributed by atoms with Gasteiger partial charge in [-0.05, 0) is 45.3 Å². The number of rotatable bonds is 7. The van der Waals surface area contributed by atoms with Gasteiger partial charge in [0.1, 0.15) is 0 Å². The number of nitrogens with one attached hydrogen (secondary N) is 1. The van der Waals surface area contributed by atoms with Crippen LogP contribution >= 0.6 is 0 Å². The Labute approximate surface area is 163 Å². The highest BCUT2D eigenvalue weighted by Gasteiger charge is 2.26. The van der Waals surface area contributed by atoms with Crippen LogP contribution in [0.3, 0.4) is 0 Å². The van der Waals surface area contributed by atoms with Crippen molar-refractivity contribution in [2.45, 2.75) is 33.1 Å². The van der Waals surface area contributed by atoms with E-state index in [1.165, 1.54) is 13.1 Å². The second-order valence-electron chi connectivity index (χ2n) is 7.68. The summed E-state index contributed by atoms with van der Waals surface area (Å²) in [6.07, 6.45) is 4.59. The molecule has 27 heavy (non-hydrogen) atoms. The minimum atomic E-state index is 0.124. The minimum Gasteiger partial charge on any atom is -0.356 e. The van der Waals surface area contributed by atoms with Crippen molar-refractivity contribution >= 4 is 11.9 Å². The Morgan fingerprint density at radius 2 is 1.85 bits per heavy atom. The molecule has 1 amide bonds. The van der Waals surface area contributed by atoms with Gasteiger partial charge in [0.25, 0.3) is 0 Å². The van der Waals surface area contributed by atoms with Crippen molar-refractivity contribution in [2.24, 2.45) is 5.92 Å². The van der Waals surface area contributed by atoms with Gasteiger partial charge in [0.2, 0.25) is 11.9 Å². The summed E-state index contributed by atoms with van der Waals surface area (Å²) in [6, 6.07) is 1.91. The number of hydrogen-bond acceptors (Lipinski definition) is 6. The molecular weight excluding hydrogens is 340 g/mol. The maximum atomic E-state index is 12.4. The summed E-state index contributed by atoms with van der Waals surface area (Å²) in [5, 5.41) is 3.15. The third-order valence-electron chi connectivity index (χ3n) is 5.79. The maximum Gasteiger partial charge on any atom is 0.225 e. The molecule has 2 fully saturated rings. The molecule has 7 heteroatoms. The topological polar surface area (TPSA) is 64.6 Å². The molecule has 0 unspecified atom stereocenters. The lowest BCUT2D eigenvalue weighted by molar-refractivity contribution is -0.125. The van der Waals surface area contributed by atoms with E-state index in [0.717, 1.165) is 76.7 Å². The van der Waals surface area contributed by atoms with Crippen LogP contribution in [0.25, 0.3) is 0 Å². The van der Waals surface area contributed by atoms with Gasteiger partial charge in [-0.25, -0.2) is 9.97 Å². The number of aromatic nitrogens is 2. The van der Waals surface area contributed by atoms with Gasteiger partial charge in [-0.1, -0.05) is 6.92 Å². The average molecular weight is 375 g/mol. The summed E-state index contributed by atoms with van der Waals surface area (Å²) < 4.78 is 0. The second kappa shape index (κ2) is 9.99. The summed E-state index contributed by atoms with van der Waals surface area (Å²) in [5.74, 6) is 1.13. The number of amides is 1. The molecule has 0 atom stereocenters. The zero-order valence-electron chi connectivity index (χ0n) is 16.9. The first-order chi connectivity index (χ1) is 13.2. The van der Waals surface area contributed by atoms with E-state index in [9.17, 15) is 4.79 Å². The zero-order chi connectivity index (χ0) is 19.1. The smallest absolute Gasteiger partial charge is 0.225 e. The first kappa shape index (κ1) is 20.0.